The zero-order valence-corrected chi connectivity index (χ0v) is 8.04. The molecule has 12 heavy (non-hydrogen) atoms. The maximum absolute atomic E-state index is 5.96. The van der Waals surface area contributed by atoms with E-state index in [9.17, 15) is 0 Å². The van der Waals surface area contributed by atoms with Crippen molar-refractivity contribution in [1.82, 2.24) is 4.98 Å². The van der Waals surface area contributed by atoms with Crippen LogP contribution in [0, 0.1) is 6.92 Å². The number of nitrogen functional groups attached to an aromatic ring is 1. The van der Waals surface area contributed by atoms with E-state index in [2.05, 4.69) is 4.98 Å². The molecule has 0 bridgehead atoms. The predicted octanol–water partition coefficient (Wildman–Crippen LogP) is 2.84. The molecule has 0 spiro atoms. The zero-order chi connectivity index (χ0) is 8.72. The van der Waals surface area contributed by atoms with Crippen molar-refractivity contribution in [3.63, 3.8) is 0 Å². The molecule has 0 saturated heterocycles. The second kappa shape index (κ2) is 2.61. The number of nitrogens with zero attached hydrogens (tertiary/aromatic N) is 1. The summed E-state index contributed by atoms with van der Waals surface area (Å²) in [4.78, 5) is 4.19. The van der Waals surface area contributed by atoms with Gasteiger partial charge in [-0.15, -0.1) is 0 Å². The van der Waals surface area contributed by atoms with E-state index in [0.29, 0.717) is 5.13 Å². The second-order valence-electron chi connectivity index (χ2n) is 2.59. The van der Waals surface area contributed by atoms with Crippen LogP contribution in [-0.4, -0.2) is 4.98 Å². The highest BCUT2D eigenvalue weighted by atomic mass is 35.5. The predicted molar refractivity (Wildman–Crippen MR) is 53.8 cm³/mol. The smallest absolute Gasteiger partial charge is 0.181 e. The van der Waals surface area contributed by atoms with Crippen LogP contribution in [0.3, 0.4) is 0 Å². The van der Waals surface area contributed by atoms with Crippen LogP contribution in [-0.2, 0) is 0 Å². The summed E-state index contributed by atoms with van der Waals surface area (Å²) < 4.78 is 0.981. The molecule has 1 aromatic heterocycles. The van der Waals surface area contributed by atoms with Crippen molar-refractivity contribution in [2.75, 3.05) is 5.73 Å². The molecular formula is C8H7ClN2S. The lowest BCUT2D eigenvalue weighted by Gasteiger charge is -1.94. The molecule has 1 heterocycles. The molecule has 2 N–H and O–H groups in total. The average molecular weight is 199 g/mol. The van der Waals surface area contributed by atoms with Gasteiger partial charge in [0.05, 0.1) is 15.2 Å². The molecule has 0 aliphatic rings. The lowest BCUT2D eigenvalue weighted by atomic mass is 10.2. The fourth-order valence-corrected chi connectivity index (χ4v) is 2.20. The van der Waals surface area contributed by atoms with E-state index in [0.717, 1.165) is 20.8 Å². The normalized spacial score (nSPS) is 10.8. The first-order chi connectivity index (χ1) is 5.68. The summed E-state index contributed by atoms with van der Waals surface area (Å²) >= 11 is 7.38. The number of benzene rings is 1. The summed E-state index contributed by atoms with van der Waals surface area (Å²) in [7, 11) is 0. The van der Waals surface area contributed by atoms with E-state index in [1.165, 1.54) is 11.3 Å². The summed E-state index contributed by atoms with van der Waals surface area (Å²) in [5.41, 5.74) is 7.61. The van der Waals surface area contributed by atoms with Crippen molar-refractivity contribution >= 4 is 38.3 Å². The number of anilines is 1. The molecule has 0 unspecified atom stereocenters. The van der Waals surface area contributed by atoms with Gasteiger partial charge in [0.15, 0.2) is 5.13 Å². The first-order valence-corrected chi connectivity index (χ1v) is 4.69. The number of halogens is 1. The first-order valence-electron chi connectivity index (χ1n) is 3.49. The van der Waals surface area contributed by atoms with E-state index >= 15 is 0 Å². The first kappa shape index (κ1) is 7.83. The molecule has 0 aliphatic carbocycles. The standard InChI is InChI=1S/C8H7ClN2S/c1-4-2-3-5(9)7-6(4)11-8(10)12-7/h2-3H,1H3,(H2,10,11). The highest BCUT2D eigenvalue weighted by Gasteiger charge is 2.06. The van der Waals surface area contributed by atoms with Crippen molar-refractivity contribution in [2.45, 2.75) is 6.92 Å². The monoisotopic (exact) mass is 198 g/mol. The van der Waals surface area contributed by atoms with E-state index in [4.69, 9.17) is 17.3 Å². The maximum Gasteiger partial charge on any atom is 0.181 e. The Balaban J connectivity index is 2.93. The Morgan fingerprint density at radius 2 is 2.25 bits per heavy atom. The Bertz CT molecular complexity index is 397. The van der Waals surface area contributed by atoms with Crippen LogP contribution in [0.5, 0.6) is 0 Å². The van der Waals surface area contributed by atoms with E-state index in [1.807, 2.05) is 19.1 Å². The summed E-state index contributed by atoms with van der Waals surface area (Å²) in [5.74, 6) is 0. The van der Waals surface area contributed by atoms with Crippen molar-refractivity contribution < 1.29 is 0 Å². The average Bonchev–Trinajstić information content (AvgIpc) is 2.41. The number of nitrogens with two attached hydrogens (primary N) is 1. The minimum atomic E-state index is 0.571. The van der Waals surface area contributed by atoms with Gasteiger partial charge in [0.2, 0.25) is 0 Å². The quantitative estimate of drug-likeness (QED) is 0.707. The molecule has 2 aromatic rings. The van der Waals surface area contributed by atoms with Crippen LogP contribution in [0.15, 0.2) is 12.1 Å². The van der Waals surface area contributed by atoms with Gasteiger partial charge in [0.25, 0.3) is 0 Å². The lowest BCUT2D eigenvalue weighted by molar-refractivity contribution is 1.43. The maximum atomic E-state index is 5.96. The van der Waals surface area contributed by atoms with E-state index < -0.39 is 0 Å². The summed E-state index contributed by atoms with van der Waals surface area (Å²) in [6.07, 6.45) is 0. The number of aromatic nitrogens is 1. The zero-order valence-electron chi connectivity index (χ0n) is 6.47. The molecule has 62 valence electrons. The van der Waals surface area contributed by atoms with Gasteiger partial charge in [0.1, 0.15) is 0 Å². The molecule has 0 fully saturated rings. The second-order valence-corrected chi connectivity index (χ2v) is 4.03. The summed E-state index contributed by atoms with van der Waals surface area (Å²) in [6, 6.07) is 3.82. The molecule has 0 radical (unpaired) electrons. The molecule has 0 atom stereocenters. The van der Waals surface area contributed by atoms with Gasteiger partial charge in [0, 0.05) is 0 Å². The van der Waals surface area contributed by atoms with E-state index in [-0.39, 0.29) is 0 Å². The minimum absolute atomic E-state index is 0.571. The van der Waals surface area contributed by atoms with Crippen molar-refractivity contribution in [3.05, 3.63) is 22.7 Å². The Morgan fingerprint density at radius 1 is 1.50 bits per heavy atom. The molecule has 1 aromatic carbocycles. The number of aryl methyl sites for hydroxylation is 1. The number of rotatable bonds is 0. The van der Waals surface area contributed by atoms with Crippen LogP contribution < -0.4 is 5.73 Å². The van der Waals surface area contributed by atoms with Crippen LogP contribution in [0.2, 0.25) is 5.02 Å². The number of hydrogen-bond donors (Lipinski definition) is 1. The number of thiazole rings is 1. The van der Waals surface area contributed by atoms with Gasteiger partial charge in [-0.2, -0.15) is 0 Å². The van der Waals surface area contributed by atoms with Gasteiger partial charge < -0.3 is 5.73 Å². The third kappa shape index (κ3) is 1.06. The van der Waals surface area contributed by atoms with Gasteiger partial charge in [-0.05, 0) is 18.6 Å². The SMILES string of the molecule is Cc1ccc(Cl)c2sc(N)nc12. The third-order valence-corrected chi connectivity index (χ3v) is 3.06. The Hall–Kier alpha value is -0.800. The molecule has 0 aliphatic heterocycles. The Morgan fingerprint density at radius 3 is 2.92 bits per heavy atom. The summed E-state index contributed by atoms with van der Waals surface area (Å²) in [6.45, 7) is 2.00. The lowest BCUT2D eigenvalue weighted by Crippen LogP contribution is -1.80. The van der Waals surface area contributed by atoms with Crippen LogP contribution in [0.4, 0.5) is 5.13 Å². The molecule has 0 amide bonds. The molecule has 0 saturated carbocycles. The highest BCUT2D eigenvalue weighted by Crippen LogP contribution is 2.32. The van der Waals surface area contributed by atoms with Crippen LogP contribution in [0.1, 0.15) is 5.56 Å². The van der Waals surface area contributed by atoms with Crippen molar-refractivity contribution in [3.8, 4) is 0 Å². The Labute approximate surface area is 79.0 Å². The topological polar surface area (TPSA) is 38.9 Å². The Kier molecular flexibility index (Phi) is 1.70. The molecular weight excluding hydrogens is 192 g/mol. The minimum Gasteiger partial charge on any atom is -0.375 e. The van der Waals surface area contributed by atoms with Crippen LogP contribution in [0.25, 0.3) is 10.2 Å². The van der Waals surface area contributed by atoms with Gasteiger partial charge in [-0.25, -0.2) is 4.98 Å². The third-order valence-electron chi connectivity index (χ3n) is 1.71. The van der Waals surface area contributed by atoms with Crippen molar-refractivity contribution in [2.24, 2.45) is 0 Å². The summed E-state index contributed by atoms with van der Waals surface area (Å²) in [5, 5.41) is 1.30. The van der Waals surface area contributed by atoms with Gasteiger partial charge in [-0.3, -0.25) is 0 Å². The molecule has 2 rings (SSSR count). The van der Waals surface area contributed by atoms with E-state index in [1.54, 1.807) is 0 Å². The molecule has 2 nitrogen and oxygen atoms in total. The molecule has 4 heteroatoms. The fraction of sp³-hybridized carbons (Fsp3) is 0.125. The number of hydrogen-bond acceptors (Lipinski definition) is 3. The van der Waals surface area contributed by atoms with Crippen LogP contribution >= 0.6 is 22.9 Å². The van der Waals surface area contributed by atoms with Crippen molar-refractivity contribution in [1.29, 1.82) is 0 Å². The largest absolute Gasteiger partial charge is 0.375 e. The van der Waals surface area contributed by atoms with Gasteiger partial charge >= 0.3 is 0 Å². The van der Waals surface area contributed by atoms with Gasteiger partial charge in [-0.1, -0.05) is 29.0 Å². The highest BCUT2D eigenvalue weighted by molar-refractivity contribution is 7.22. The fourth-order valence-electron chi connectivity index (χ4n) is 1.12. The number of fused-ring (bicyclic) bond motifs is 1.